The molecule has 1 amide bonds. The second-order valence-corrected chi connectivity index (χ2v) is 6.60. The van der Waals surface area contributed by atoms with E-state index in [0.717, 1.165) is 33.3 Å². The lowest BCUT2D eigenvalue weighted by molar-refractivity contribution is -0.124. The first kappa shape index (κ1) is 21.0. The molecule has 7 heteroatoms. The Balaban J connectivity index is 2.02. The van der Waals surface area contributed by atoms with E-state index < -0.39 is 5.91 Å². The molecule has 0 saturated carbocycles. The van der Waals surface area contributed by atoms with Gasteiger partial charge in [-0.1, -0.05) is 12.6 Å². The highest BCUT2D eigenvalue weighted by Gasteiger charge is 2.16. The zero-order valence-electron chi connectivity index (χ0n) is 17.4. The van der Waals surface area contributed by atoms with E-state index in [1.807, 2.05) is 48.0 Å². The number of nitrogens with one attached hydrogen (secondary N) is 1. The van der Waals surface area contributed by atoms with Gasteiger partial charge in [-0.15, -0.1) is 0 Å². The number of methoxy groups -OCH3 is 3. The van der Waals surface area contributed by atoms with Gasteiger partial charge in [0.05, 0.1) is 21.3 Å². The lowest BCUT2D eigenvalue weighted by Crippen LogP contribution is -2.14. The van der Waals surface area contributed by atoms with Crippen molar-refractivity contribution in [1.29, 1.82) is 0 Å². The van der Waals surface area contributed by atoms with Crippen molar-refractivity contribution in [2.75, 3.05) is 21.3 Å². The minimum absolute atomic E-state index is 0.526. The molecule has 0 bridgehead atoms. The Bertz CT molecular complexity index is 1120. The molecule has 0 aliphatic rings. The van der Waals surface area contributed by atoms with Crippen LogP contribution in [-0.4, -0.2) is 37.0 Å². The Morgan fingerprint density at radius 1 is 1.03 bits per heavy atom. The van der Waals surface area contributed by atoms with Gasteiger partial charge in [-0.3, -0.25) is 10.0 Å². The minimum Gasteiger partial charge on any atom is -0.493 e. The van der Waals surface area contributed by atoms with E-state index in [0.29, 0.717) is 17.2 Å². The molecular weight excluding hydrogens is 384 g/mol. The molecule has 0 aliphatic carbocycles. The van der Waals surface area contributed by atoms with Gasteiger partial charge in [0.25, 0.3) is 5.91 Å². The number of fused-ring (bicyclic) bond motifs is 1. The van der Waals surface area contributed by atoms with Gasteiger partial charge < -0.3 is 18.8 Å². The first-order valence-electron chi connectivity index (χ1n) is 9.14. The average Bonchev–Trinajstić information content (AvgIpc) is 3.10. The molecule has 0 spiro atoms. The molecule has 2 N–H and O–H groups in total. The highest BCUT2D eigenvalue weighted by Crippen LogP contribution is 2.41. The van der Waals surface area contributed by atoms with Gasteiger partial charge in [-0.2, -0.15) is 0 Å². The second-order valence-electron chi connectivity index (χ2n) is 6.60. The summed E-state index contributed by atoms with van der Waals surface area (Å²) in [7, 11) is 6.62. The number of carbonyl (C=O) groups excluding carboxylic acids is 1. The smallest absolute Gasteiger partial charge is 0.267 e. The predicted molar refractivity (Wildman–Crippen MR) is 116 cm³/mol. The Morgan fingerprint density at radius 3 is 2.27 bits per heavy atom. The van der Waals surface area contributed by atoms with E-state index in [1.54, 1.807) is 32.9 Å². The first-order chi connectivity index (χ1) is 14.4. The third-order valence-electron chi connectivity index (χ3n) is 4.96. The van der Waals surface area contributed by atoms with Crippen molar-refractivity contribution in [3.8, 4) is 17.2 Å². The summed E-state index contributed by atoms with van der Waals surface area (Å²) in [6.07, 6.45) is 2.91. The quantitative estimate of drug-likeness (QED) is 0.353. The summed E-state index contributed by atoms with van der Waals surface area (Å²) in [5.41, 5.74) is 5.99. The van der Waals surface area contributed by atoms with Crippen LogP contribution < -0.4 is 19.7 Å². The first-order valence-corrected chi connectivity index (χ1v) is 9.14. The fourth-order valence-corrected chi connectivity index (χ4v) is 3.34. The van der Waals surface area contributed by atoms with Gasteiger partial charge in [0, 0.05) is 29.7 Å². The van der Waals surface area contributed by atoms with Crippen LogP contribution in [-0.2, 0) is 11.8 Å². The lowest BCUT2D eigenvalue weighted by Gasteiger charge is -2.15. The normalized spacial score (nSPS) is 11.0. The van der Waals surface area contributed by atoms with E-state index >= 15 is 0 Å². The van der Waals surface area contributed by atoms with Gasteiger partial charge in [-0.05, 0) is 53.1 Å². The fourth-order valence-electron chi connectivity index (χ4n) is 3.34. The Hall–Kier alpha value is -3.71. The van der Waals surface area contributed by atoms with Gasteiger partial charge in [0.1, 0.15) is 0 Å². The summed E-state index contributed by atoms with van der Waals surface area (Å²) in [4.78, 5) is 11.3. The summed E-state index contributed by atoms with van der Waals surface area (Å²) >= 11 is 0. The summed E-state index contributed by atoms with van der Waals surface area (Å²) in [5.74, 6) is 1.06. The second kappa shape index (κ2) is 8.75. The monoisotopic (exact) mass is 408 g/mol. The van der Waals surface area contributed by atoms with Gasteiger partial charge in [-0.25, -0.2) is 5.48 Å². The maximum atomic E-state index is 11.3. The van der Waals surface area contributed by atoms with E-state index in [-0.39, 0.29) is 0 Å². The molecule has 0 aliphatic heterocycles. The predicted octanol–water partition coefficient (Wildman–Crippen LogP) is 3.78. The molecule has 0 fully saturated rings. The van der Waals surface area contributed by atoms with Crippen LogP contribution in [0.2, 0.25) is 0 Å². The third-order valence-corrected chi connectivity index (χ3v) is 4.96. The number of hydrogen-bond acceptors (Lipinski definition) is 5. The summed E-state index contributed by atoms with van der Waals surface area (Å²) in [5, 5.41) is 9.64. The number of aryl methyl sites for hydroxylation is 1. The van der Waals surface area contributed by atoms with E-state index in [1.165, 1.54) is 6.08 Å². The van der Waals surface area contributed by atoms with Gasteiger partial charge in [0.2, 0.25) is 5.75 Å². The van der Waals surface area contributed by atoms with E-state index in [4.69, 9.17) is 19.4 Å². The number of amides is 1. The molecule has 156 valence electrons. The molecule has 3 aromatic rings. The maximum Gasteiger partial charge on any atom is 0.267 e. The van der Waals surface area contributed by atoms with Crippen molar-refractivity contribution in [2.24, 2.45) is 7.05 Å². The maximum absolute atomic E-state index is 11.3. The summed E-state index contributed by atoms with van der Waals surface area (Å²) in [6, 6.07) is 11.7. The van der Waals surface area contributed by atoms with Gasteiger partial charge in [0.15, 0.2) is 11.5 Å². The molecule has 0 unspecified atom stereocenters. The van der Waals surface area contributed by atoms with Crippen molar-refractivity contribution in [2.45, 2.75) is 0 Å². The van der Waals surface area contributed by atoms with Crippen LogP contribution in [0.1, 0.15) is 16.8 Å². The Morgan fingerprint density at radius 2 is 1.70 bits per heavy atom. The van der Waals surface area contributed by atoms with Crippen molar-refractivity contribution in [3.05, 3.63) is 65.9 Å². The fraction of sp³-hybridized carbons (Fsp3) is 0.174. The largest absolute Gasteiger partial charge is 0.493 e. The number of rotatable bonds is 7. The molecule has 1 aromatic heterocycles. The summed E-state index contributed by atoms with van der Waals surface area (Å²) in [6.45, 7) is 4.25. The number of aromatic nitrogens is 1. The van der Waals surface area contributed by atoms with Crippen LogP contribution in [0.25, 0.3) is 22.6 Å². The Kier molecular flexibility index (Phi) is 6.13. The zero-order chi connectivity index (χ0) is 21.8. The number of ether oxygens (including phenoxy) is 3. The topological polar surface area (TPSA) is 82.0 Å². The number of carbonyl (C=O) groups is 1. The van der Waals surface area contributed by atoms with E-state index in [2.05, 4.69) is 6.58 Å². The Labute approximate surface area is 174 Å². The standard InChI is InChI=1S/C23H24N2O5/c1-14(16-12-20(28-3)23(30-5)21(13-16)29-4)15-6-8-19-17(10-15)11-18(25(19)2)7-9-22(26)24-27/h6-13,27H,1H2,2-5H3,(H,24,26). The van der Waals surface area contributed by atoms with Crippen LogP contribution in [0.4, 0.5) is 0 Å². The van der Waals surface area contributed by atoms with Crippen molar-refractivity contribution in [1.82, 2.24) is 10.0 Å². The lowest BCUT2D eigenvalue weighted by atomic mass is 9.97. The van der Waals surface area contributed by atoms with Crippen LogP contribution in [0.3, 0.4) is 0 Å². The minimum atomic E-state index is -0.586. The van der Waals surface area contributed by atoms with Crippen LogP contribution in [0.5, 0.6) is 17.2 Å². The molecule has 0 saturated heterocycles. The van der Waals surface area contributed by atoms with E-state index in [9.17, 15) is 4.79 Å². The number of nitrogens with zero attached hydrogens (tertiary/aromatic N) is 1. The molecule has 2 aromatic carbocycles. The molecular formula is C23H24N2O5. The SMILES string of the molecule is C=C(c1cc(OC)c(OC)c(OC)c1)c1ccc2c(c1)cc(C=CC(=O)NO)n2C. The van der Waals surface area contributed by atoms with Crippen LogP contribution in [0.15, 0.2) is 49.1 Å². The van der Waals surface area contributed by atoms with Gasteiger partial charge >= 0.3 is 0 Å². The van der Waals surface area contributed by atoms with Crippen LogP contribution in [0, 0.1) is 0 Å². The van der Waals surface area contributed by atoms with Crippen LogP contribution >= 0.6 is 0 Å². The number of hydrogen-bond donors (Lipinski definition) is 2. The molecule has 1 heterocycles. The molecule has 0 radical (unpaired) electrons. The highest BCUT2D eigenvalue weighted by molar-refractivity contribution is 5.93. The molecule has 3 rings (SSSR count). The molecule has 7 nitrogen and oxygen atoms in total. The van der Waals surface area contributed by atoms with Crippen molar-refractivity contribution < 1.29 is 24.2 Å². The number of benzene rings is 2. The third kappa shape index (κ3) is 3.88. The average molecular weight is 408 g/mol. The highest BCUT2D eigenvalue weighted by atomic mass is 16.5. The van der Waals surface area contributed by atoms with Crippen molar-refractivity contribution in [3.63, 3.8) is 0 Å². The van der Waals surface area contributed by atoms with Crippen molar-refractivity contribution >= 4 is 28.5 Å². The zero-order valence-corrected chi connectivity index (χ0v) is 17.4. The molecule has 0 atom stereocenters. The summed E-state index contributed by atoms with van der Waals surface area (Å²) < 4.78 is 18.2. The molecule has 30 heavy (non-hydrogen) atoms. The number of hydroxylamine groups is 1.